The van der Waals surface area contributed by atoms with Crippen LogP contribution in [0, 0.1) is 6.92 Å². The summed E-state index contributed by atoms with van der Waals surface area (Å²) in [4.78, 5) is 0. The van der Waals surface area contributed by atoms with Gasteiger partial charge in [-0.25, -0.2) is 0 Å². The Balaban J connectivity index is 0.000000551. The third-order valence-electron chi connectivity index (χ3n) is 4.16. The highest BCUT2D eigenvalue weighted by atomic mass is 32.1. The number of allylic oxidation sites excluding steroid dienone is 1. The standard InChI is InChI=1S/C20H18NO2S.C2H7N.C2H6/c1-13-4-8-18-14(10-13)5-6-16(23-18)12-20-21(2)17-11-15(22-3)7-9-19(17)24-20;1-2-3;1-2/h4-12H,1-3H3;2-3H2,1H3;1-2H3/q+1;;/b16-12+;;. The van der Waals surface area contributed by atoms with Crippen molar-refractivity contribution in [3.8, 4) is 11.5 Å². The molecular weight excluding hydrogens is 380 g/mol. The molecule has 1 aromatic heterocycles. The van der Waals surface area contributed by atoms with Crippen molar-refractivity contribution in [2.75, 3.05) is 13.7 Å². The molecule has 2 heterocycles. The second-order valence-electron chi connectivity index (χ2n) is 6.26. The van der Waals surface area contributed by atoms with E-state index in [0.29, 0.717) is 0 Å². The fraction of sp³-hybridized carbons (Fsp3) is 0.292. The second kappa shape index (κ2) is 10.8. The SMILES string of the molecule is CC.CCN.COc1ccc2sc(/C=C3\C=Cc4cc(C)ccc4O3)[n+](C)c2c1. The van der Waals surface area contributed by atoms with Crippen molar-refractivity contribution < 1.29 is 14.0 Å². The van der Waals surface area contributed by atoms with Gasteiger partial charge in [0.1, 0.15) is 29.0 Å². The number of fused-ring (bicyclic) bond motifs is 2. The molecule has 154 valence electrons. The van der Waals surface area contributed by atoms with Crippen molar-refractivity contribution in [3.05, 3.63) is 64.4 Å². The number of methoxy groups -OCH3 is 1. The molecule has 4 nitrogen and oxygen atoms in total. The smallest absolute Gasteiger partial charge is 0.266 e. The van der Waals surface area contributed by atoms with Gasteiger partial charge in [0.25, 0.3) is 5.01 Å². The summed E-state index contributed by atoms with van der Waals surface area (Å²) in [5, 5.41) is 1.13. The molecular formula is C24H31N2O2S+. The van der Waals surface area contributed by atoms with Gasteiger partial charge in [-0.1, -0.05) is 43.7 Å². The van der Waals surface area contributed by atoms with Crippen molar-refractivity contribution in [3.63, 3.8) is 0 Å². The number of ether oxygens (including phenoxy) is 2. The minimum absolute atomic E-state index is 0.750. The maximum Gasteiger partial charge on any atom is 0.266 e. The fourth-order valence-electron chi connectivity index (χ4n) is 2.82. The van der Waals surface area contributed by atoms with Gasteiger partial charge in [-0.2, -0.15) is 4.57 Å². The maximum atomic E-state index is 6.03. The lowest BCUT2D eigenvalue weighted by Gasteiger charge is -2.14. The fourth-order valence-corrected chi connectivity index (χ4v) is 3.89. The Morgan fingerprint density at radius 3 is 2.55 bits per heavy atom. The van der Waals surface area contributed by atoms with Crippen LogP contribution in [-0.2, 0) is 7.05 Å². The van der Waals surface area contributed by atoms with E-state index in [1.807, 2.05) is 39.0 Å². The van der Waals surface area contributed by atoms with Crippen molar-refractivity contribution in [1.29, 1.82) is 0 Å². The highest BCUT2D eigenvalue weighted by Gasteiger charge is 2.18. The molecule has 1 aliphatic heterocycles. The highest BCUT2D eigenvalue weighted by molar-refractivity contribution is 7.18. The lowest BCUT2D eigenvalue weighted by Crippen LogP contribution is -2.29. The zero-order valence-corrected chi connectivity index (χ0v) is 19.0. The molecule has 1 aliphatic rings. The van der Waals surface area contributed by atoms with Crippen LogP contribution < -0.4 is 19.8 Å². The Morgan fingerprint density at radius 2 is 1.86 bits per heavy atom. The average molecular weight is 412 g/mol. The number of aryl methyl sites for hydroxylation is 2. The Kier molecular flexibility index (Phi) is 8.43. The number of benzene rings is 2. The van der Waals surface area contributed by atoms with Gasteiger partial charge in [-0.15, -0.1) is 0 Å². The molecule has 0 spiro atoms. The number of aromatic nitrogens is 1. The number of nitrogens with two attached hydrogens (primary N) is 1. The van der Waals surface area contributed by atoms with Crippen molar-refractivity contribution in [2.45, 2.75) is 27.7 Å². The Hall–Kier alpha value is -2.63. The summed E-state index contributed by atoms with van der Waals surface area (Å²) in [6.07, 6.45) is 6.21. The van der Waals surface area contributed by atoms with E-state index in [-0.39, 0.29) is 0 Å². The number of thiazole rings is 1. The molecule has 0 fully saturated rings. The molecule has 0 radical (unpaired) electrons. The third-order valence-corrected chi connectivity index (χ3v) is 5.32. The van der Waals surface area contributed by atoms with Gasteiger partial charge in [0, 0.05) is 5.56 Å². The van der Waals surface area contributed by atoms with Crippen LogP contribution in [-0.4, -0.2) is 13.7 Å². The molecule has 0 saturated heterocycles. The molecule has 0 aliphatic carbocycles. The van der Waals surface area contributed by atoms with E-state index < -0.39 is 0 Å². The summed E-state index contributed by atoms with van der Waals surface area (Å²) >= 11 is 1.74. The van der Waals surface area contributed by atoms with Crippen molar-refractivity contribution >= 4 is 33.7 Å². The van der Waals surface area contributed by atoms with Crippen LogP contribution in [0.1, 0.15) is 36.9 Å². The Labute approximate surface area is 177 Å². The lowest BCUT2D eigenvalue weighted by molar-refractivity contribution is -0.642. The minimum atomic E-state index is 0.750. The summed E-state index contributed by atoms with van der Waals surface area (Å²) < 4.78 is 14.7. The molecule has 0 atom stereocenters. The summed E-state index contributed by atoms with van der Waals surface area (Å²) in [5.74, 6) is 2.62. The first-order valence-electron chi connectivity index (χ1n) is 9.90. The maximum absolute atomic E-state index is 6.03. The van der Waals surface area contributed by atoms with E-state index in [0.717, 1.165) is 39.9 Å². The van der Waals surface area contributed by atoms with Crippen molar-refractivity contribution in [1.82, 2.24) is 0 Å². The van der Waals surface area contributed by atoms with Gasteiger partial charge in [-0.05, 0) is 49.9 Å². The molecule has 0 amide bonds. The predicted molar refractivity (Wildman–Crippen MR) is 124 cm³/mol. The molecule has 4 rings (SSSR count). The summed E-state index contributed by atoms with van der Waals surface area (Å²) in [5.41, 5.74) is 8.36. The summed E-state index contributed by atoms with van der Waals surface area (Å²) in [6.45, 7) is 8.74. The first-order valence-corrected chi connectivity index (χ1v) is 10.7. The molecule has 2 N–H and O–H groups in total. The van der Waals surface area contributed by atoms with Gasteiger partial charge in [-0.3, -0.25) is 0 Å². The van der Waals surface area contributed by atoms with Gasteiger partial charge in [0.2, 0.25) is 5.52 Å². The van der Waals surface area contributed by atoms with Gasteiger partial charge < -0.3 is 15.2 Å². The van der Waals surface area contributed by atoms with Crippen LogP contribution >= 0.6 is 11.3 Å². The van der Waals surface area contributed by atoms with E-state index in [2.05, 4.69) is 55.0 Å². The Morgan fingerprint density at radius 1 is 1.14 bits per heavy atom. The molecule has 3 aromatic rings. The summed E-state index contributed by atoms with van der Waals surface area (Å²) in [7, 11) is 3.75. The van der Waals surface area contributed by atoms with Gasteiger partial charge >= 0.3 is 0 Å². The first-order chi connectivity index (χ1) is 14.0. The number of nitrogens with zero attached hydrogens (tertiary/aromatic N) is 1. The minimum Gasteiger partial charge on any atom is -0.497 e. The van der Waals surface area contributed by atoms with Crippen LogP contribution in [0.3, 0.4) is 0 Å². The topological polar surface area (TPSA) is 48.4 Å². The van der Waals surface area contributed by atoms with E-state index in [1.54, 1.807) is 18.4 Å². The Bertz CT molecular complexity index is 1020. The van der Waals surface area contributed by atoms with Gasteiger partial charge in [0.15, 0.2) is 0 Å². The molecule has 5 heteroatoms. The quantitative estimate of drug-likeness (QED) is 0.568. The normalized spacial score (nSPS) is 13.0. The predicted octanol–water partition coefficient (Wildman–Crippen LogP) is 5.48. The van der Waals surface area contributed by atoms with Crippen LogP contribution in [0.15, 0.2) is 48.2 Å². The zero-order chi connectivity index (χ0) is 21.4. The van der Waals surface area contributed by atoms with Crippen LogP contribution in [0.2, 0.25) is 0 Å². The van der Waals surface area contributed by atoms with Crippen LogP contribution in [0.25, 0.3) is 22.4 Å². The average Bonchev–Trinajstić information content (AvgIpc) is 3.05. The molecule has 2 aromatic carbocycles. The number of hydrogen-bond acceptors (Lipinski definition) is 4. The summed E-state index contributed by atoms with van der Waals surface area (Å²) in [6, 6.07) is 12.4. The third kappa shape index (κ3) is 5.46. The second-order valence-corrected chi connectivity index (χ2v) is 7.33. The van der Waals surface area contributed by atoms with Crippen molar-refractivity contribution in [2.24, 2.45) is 12.8 Å². The van der Waals surface area contributed by atoms with E-state index in [4.69, 9.17) is 15.2 Å². The zero-order valence-electron chi connectivity index (χ0n) is 18.2. The first kappa shape index (κ1) is 22.7. The van der Waals surface area contributed by atoms with E-state index >= 15 is 0 Å². The van der Waals surface area contributed by atoms with Gasteiger partial charge in [0.05, 0.1) is 19.3 Å². The van der Waals surface area contributed by atoms with Crippen LogP contribution in [0.5, 0.6) is 11.5 Å². The molecule has 0 saturated carbocycles. The highest BCUT2D eigenvalue weighted by Crippen LogP contribution is 2.30. The number of hydrogen-bond donors (Lipinski definition) is 1. The van der Waals surface area contributed by atoms with E-state index in [1.165, 1.54) is 10.3 Å². The lowest BCUT2D eigenvalue weighted by atomic mass is 10.1. The monoisotopic (exact) mass is 411 g/mol. The molecule has 0 bridgehead atoms. The molecule has 29 heavy (non-hydrogen) atoms. The number of rotatable bonds is 2. The molecule has 0 unspecified atom stereocenters. The largest absolute Gasteiger partial charge is 0.497 e. The van der Waals surface area contributed by atoms with E-state index in [9.17, 15) is 0 Å². The van der Waals surface area contributed by atoms with Crippen LogP contribution in [0.4, 0.5) is 0 Å².